The lowest BCUT2D eigenvalue weighted by molar-refractivity contribution is 0.145. The van der Waals surface area contributed by atoms with E-state index in [0.29, 0.717) is 11.5 Å². The summed E-state index contributed by atoms with van der Waals surface area (Å²) in [5.41, 5.74) is 1.80. The molecule has 2 atom stereocenters. The molecule has 2 nitrogen and oxygen atoms in total. The summed E-state index contributed by atoms with van der Waals surface area (Å²) in [6.45, 7) is 11.4. The average molecular weight is 275 g/mol. The smallest absolute Gasteiger partial charge is 0.120 e. The third-order valence-corrected chi connectivity index (χ3v) is 4.59. The first-order valence-electron chi connectivity index (χ1n) is 7.68. The summed E-state index contributed by atoms with van der Waals surface area (Å²) in [4.78, 5) is 0. The van der Waals surface area contributed by atoms with Crippen molar-refractivity contribution in [1.29, 1.82) is 0 Å². The Bertz CT molecular complexity index is 459. The second-order valence-electron chi connectivity index (χ2n) is 7.73. The van der Waals surface area contributed by atoms with E-state index in [4.69, 9.17) is 4.74 Å². The molecule has 112 valence electrons. The van der Waals surface area contributed by atoms with Crippen LogP contribution in [0, 0.1) is 5.41 Å². The van der Waals surface area contributed by atoms with Gasteiger partial charge in [-0.2, -0.15) is 0 Å². The topological polar surface area (TPSA) is 21.3 Å². The maximum Gasteiger partial charge on any atom is 0.120 e. The second kappa shape index (κ2) is 5.40. The molecule has 0 aliphatic heterocycles. The van der Waals surface area contributed by atoms with E-state index in [1.54, 1.807) is 0 Å². The van der Waals surface area contributed by atoms with Crippen LogP contribution in [0.3, 0.4) is 0 Å². The Balaban J connectivity index is 2.15. The quantitative estimate of drug-likeness (QED) is 0.895. The molecule has 0 spiro atoms. The van der Waals surface area contributed by atoms with Gasteiger partial charge in [0.2, 0.25) is 0 Å². The van der Waals surface area contributed by atoms with Gasteiger partial charge in [-0.25, -0.2) is 0 Å². The normalized spacial score (nSPS) is 25.7. The summed E-state index contributed by atoms with van der Waals surface area (Å²) >= 11 is 0. The highest BCUT2D eigenvalue weighted by atomic mass is 16.5. The molecule has 1 saturated carbocycles. The fourth-order valence-corrected chi connectivity index (χ4v) is 3.25. The van der Waals surface area contributed by atoms with Crippen molar-refractivity contribution in [1.82, 2.24) is 5.32 Å². The highest BCUT2D eigenvalue weighted by Gasteiger charge is 2.42. The highest BCUT2D eigenvalue weighted by Crippen LogP contribution is 2.39. The van der Waals surface area contributed by atoms with Gasteiger partial charge in [0, 0.05) is 6.04 Å². The lowest BCUT2D eigenvalue weighted by Crippen LogP contribution is -2.44. The predicted molar refractivity (Wildman–Crippen MR) is 85.4 cm³/mol. The number of hydrogen-bond donors (Lipinski definition) is 1. The van der Waals surface area contributed by atoms with Crippen molar-refractivity contribution in [3.8, 4) is 5.75 Å². The van der Waals surface area contributed by atoms with Gasteiger partial charge in [-0.3, -0.25) is 0 Å². The molecule has 1 aliphatic carbocycles. The molecule has 0 heterocycles. The Morgan fingerprint density at radius 3 is 2.55 bits per heavy atom. The van der Waals surface area contributed by atoms with Crippen LogP contribution in [-0.4, -0.2) is 19.2 Å². The van der Waals surface area contributed by atoms with E-state index in [1.807, 2.05) is 7.05 Å². The van der Waals surface area contributed by atoms with Gasteiger partial charge in [0.25, 0.3) is 0 Å². The van der Waals surface area contributed by atoms with Gasteiger partial charge >= 0.3 is 0 Å². The fourth-order valence-electron chi connectivity index (χ4n) is 3.25. The molecule has 1 aromatic rings. The molecule has 0 radical (unpaired) electrons. The number of hydrogen-bond acceptors (Lipinski definition) is 2. The summed E-state index contributed by atoms with van der Waals surface area (Å²) in [6.07, 6.45) is 2.60. The Morgan fingerprint density at radius 1 is 1.25 bits per heavy atom. The molecule has 0 aromatic heterocycles. The molecule has 2 rings (SSSR count). The van der Waals surface area contributed by atoms with Gasteiger partial charge in [-0.05, 0) is 48.4 Å². The van der Waals surface area contributed by atoms with Crippen LogP contribution in [0.2, 0.25) is 0 Å². The van der Waals surface area contributed by atoms with Crippen LogP contribution >= 0.6 is 0 Å². The van der Waals surface area contributed by atoms with Crippen LogP contribution in [0.4, 0.5) is 0 Å². The molecule has 1 fully saturated rings. The second-order valence-corrected chi connectivity index (χ2v) is 7.73. The Hall–Kier alpha value is -1.02. The zero-order valence-corrected chi connectivity index (χ0v) is 13.8. The van der Waals surface area contributed by atoms with Crippen molar-refractivity contribution >= 4 is 0 Å². The van der Waals surface area contributed by atoms with Crippen LogP contribution in [0.25, 0.3) is 0 Å². The minimum atomic E-state index is 0.163. The number of ether oxygens (including phenoxy) is 1. The van der Waals surface area contributed by atoms with Crippen molar-refractivity contribution in [3.63, 3.8) is 0 Å². The first-order chi connectivity index (χ1) is 9.24. The summed E-state index contributed by atoms with van der Waals surface area (Å²) in [5.74, 6) is 1.00. The van der Waals surface area contributed by atoms with Crippen LogP contribution in [-0.2, 0) is 5.41 Å². The number of likely N-dealkylation sites (N-methyl/N-ethyl adjacent to an activating group) is 1. The first kappa shape index (κ1) is 15.4. The highest BCUT2D eigenvalue weighted by molar-refractivity contribution is 5.33. The predicted octanol–water partition coefficient (Wildman–Crippen LogP) is 4.14. The van der Waals surface area contributed by atoms with Crippen LogP contribution in [0.15, 0.2) is 24.3 Å². The van der Waals surface area contributed by atoms with Crippen molar-refractivity contribution in [3.05, 3.63) is 29.8 Å². The van der Waals surface area contributed by atoms with Crippen molar-refractivity contribution in [2.45, 2.75) is 65.0 Å². The summed E-state index contributed by atoms with van der Waals surface area (Å²) in [7, 11) is 2.04. The van der Waals surface area contributed by atoms with Gasteiger partial charge in [-0.15, -0.1) is 0 Å². The zero-order chi connectivity index (χ0) is 15.0. The molecule has 0 bridgehead atoms. The van der Waals surface area contributed by atoms with E-state index in [-0.39, 0.29) is 11.5 Å². The molecule has 2 unspecified atom stereocenters. The average Bonchev–Trinajstić information content (AvgIpc) is 2.63. The standard InChI is InChI=1S/C18H29NO/c1-17(2,3)13-8-7-9-14(12-13)20-15-10-11-18(4,5)16(15)19-6/h7-9,12,15-16,19H,10-11H2,1-6H3. The minimum Gasteiger partial charge on any atom is -0.489 e. The Kier molecular flexibility index (Phi) is 4.15. The lowest BCUT2D eigenvalue weighted by atomic mass is 9.86. The largest absolute Gasteiger partial charge is 0.489 e. The minimum absolute atomic E-state index is 0.163. The molecule has 0 saturated heterocycles. The summed E-state index contributed by atoms with van der Waals surface area (Å²) in [6, 6.07) is 8.97. The fraction of sp³-hybridized carbons (Fsp3) is 0.667. The van der Waals surface area contributed by atoms with Gasteiger partial charge in [0.05, 0.1) is 0 Å². The van der Waals surface area contributed by atoms with Gasteiger partial charge in [-0.1, -0.05) is 46.8 Å². The third kappa shape index (κ3) is 3.17. The van der Waals surface area contributed by atoms with Crippen LogP contribution in [0.5, 0.6) is 5.75 Å². The zero-order valence-electron chi connectivity index (χ0n) is 13.8. The van der Waals surface area contributed by atoms with E-state index in [2.05, 4.69) is 64.2 Å². The lowest BCUT2D eigenvalue weighted by Gasteiger charge is -2.30. The molecule has 20 heavy (non-hydrogen) atoms. The van der Waals surface area contributed by atoms with E-state index < -0.39 is 0 Å². The Labute approximate surface area is 123 Å². The van der Waals surface area contributed by atoms with Gasteiger partial charge in [0.1, 0.15) is 11.9 Å². The van der Waals surface area contributed by atoms with Crippen LogP contribution in [0.1, 0.15) is 53.0 Å². The van der Waals surface area contributed by atoms with E-state index in [9.17, 15) is 0 Å². The van der Waals surface area contributed by atoms with Crippen molar-refractivity contribution in [2.75, 3.05) is 7.05 Å². The molecule has 2 heteroatoms. The molecular weight excluding hydrogens is 246 g/mol. The van der Waals surface area contributed by atoms with E-state index in [1.165, 1.54) is 12.0 Å². The summed E-state index contributed by atoms with van der Waals surface area (Å²) < 4.78 is 6.29. The molecular formula is C18H29NO. The SMILES string of the molecule is CNC1C(Oc2cccc(C(C)(C)C)c2)CCC1(C)C. The number of benzene rings is 1. The maximum atomic E-state index is 6.29. The van der Waals surface area contributed by atoms with Gasteiger partial charge < -0.3 is 10.1 Å². The van der Waals surface area contributed by atoms with Crippen LogP contribution < -0.4 is 10.1 Å². The van der Waals surface area contributed by atoms with Gasteiger partial charge in [0.15, 0.2) is 0 Å². The third-order valence-electron chi connectivity index (χ3n) is 4.59. The molecule has 0 amide bonds. The maximum absolute atomic E-state index is 6.29. The number of nitrogens with one attached hydrogen (secondary N) is 1. The monoisotopic (exact) mass is 275 g/mol. The number of rotatable bonds is 3. The van der Waals surface area contributed by atoms with Crippen molar-refractivity contribution in [2.24, 2.45) is 5.41 Å². The molecule has 1 aromatic carbocycles. The summed E-state index contributed by atoms with van der Waals surface area (Å²) in [5, 5.41) is 3.44. The van der Waals surface area contributed by atoms with E-state index >= 15 is 0 Å². The Morgan fingerprint density at radius 2 is 1.95 bits per heavy atom. The molecule has 1 N–H and O–H groups in total. The molecule has 1 aliphatic rings. The van der Waals surface area contributed by atoms with E-state index in [0.717, 1.165) is 12.2 Å². The van der Waals surface area contributed by atoms with Crippen molar-refractivity contribution < 1.29 is 4.74 Å². The first-order valence-corrected chi connectivity index (χ1v) is 7.68.